The highest BCUT2D eigenvalue weighted by Crippen LogP contribution is 2.47. The standard InChI is InChI=1S/C37H36O4/c1-5-36(6-2)34(38)40-32(33(28-13-9-7-10-14-28)29-15-11-8-12-16-29)25-37(41-35(36)39,30-21-17-26(3)18-22-30)31-23-19-27(4)20-24-31/h7-24H,5-6,25H2,1-4H3. The van der Waals surface area contributed by atoms with Gasteiger partial charge in [-0.15, -0.1) is 0 Å². The quantitative estimate of drug-likeness (QED) is 0.181. The van der Waals surface area contributed by atoms with Crippen molar-refractivity contribution in [2.24, 2.45) is 5.41 Å². The van der Waals surface area contributed by atoms with Crippen LogP contribution in [0, 0.1) is 19.3 Å². The second-order valence-electron chi connectivity index (χ2n) is 10.8. The van der Waals surface area contributed by atoms with Crippen molar-refractivity contribution in [1.82, 2.24) is 0 Å². The largest absolute Gasteiger partial charge is 0.448 e. The first kappa shape index (κ1) is 28.1. The molecule has 0 radical (unpaired) electrons. The van der Waals surface area contributed by atoms with Gasteiger partial charge in [-0.1, -0.05) is 134 Å². The molecule has 0 unspecified atom stereocenters. The van der Waals surface area contributed by atoms with Crippen LogP contribution < -0.4 is 0 Å². The zero-order valence-corrected chi connectivity index (χ0v) is 24.1. The molecule has 1 saturated heterocycles. The number of aryl methyl sites for hydroxylation is 2. The van der Waals surface area contributed by atoms with E-state index in [1.807, 2.05) is 137 Å². The third kappa shape index (κ3) is 5.22. The molecule has 0 spiro atoms. The van der Waals surface area contributed by atoms with E-state index in [2.05, 4.69) is 0 Å². The van der Waals surface area contributed by atoms with Crippen LogP contribution in [0.15, 0.2) is 115 Å². The molecule has 1 aliphatic rings. The van der Waals surface area contributed by atoms with Crippen LogP contribution in [0.3, 0.4) is 0 Å². The van der Waals surface area contributed by atoms with Gasteiger partial charge in [0, 0.05) is 16.7 Å². The molecule has 1 heterocycles. The zero-order chi connectivity index (χ0) is 29.0. The molecule has 0 aliphatic carbocycles. The van der Waals surface area contributed by atoms with Crippen molar-refractivity contribution in [2.45, 2.75) is 52.6 Å². The monoisotopic (exact) mass is 544 g/mol. The second-order valence-corrected chi connectivity index (χ2v) is 10.8. The number of benzene rings is 4. The molecule has 0 bridgehead atoms. The summed E-state index contributed by atoms with van der Waals surface area (Å²) in [4.78, 5) is 28.1. The van der Waals surface area contributed by atoms with Crippen molar-refractivity contribution in [3.63, 3.8) is 0 Å². The van der Waals surface area contributed by atoms with E-state index in [-0.39, 0.29) is 19.3 Å². The number of ether oxygens (including phenoxy) is 2. The Morgan fingerprint density at radius 3 is 1.49 bits per heavy atom. The smallest absolute Gasteiger partial charge is 0.328 e. The van der Waals surface area contributed by atoms with Gasteiger partial charge in [0.2, 0.25) is 0 Å². The van der Waals surface area contributed by atoms with Crippen molar-refractivity contribution in [3.8, 4) is 0 Å². The topological polar surface area (TPSA) is 52.6 Å². The number of esters is 2. The van der Waals surface area contributed by atoms with Crippen LogP contribution in [0.5, 0.6) is 0 Å². The first-order valence-corrected chi connectivity index (χ1v) is 14.3. The van der Waals surface area contributed by atoms with Gasteiger partial charge in [-0.25, -0.2) is 0 Å². The fraction of sp³-hybridized carbons (Fsp3) is 0.243. The summed E-state index contributed by atoms with van der Waals surface area (Å²) < 4.78 is 13.1. The predicted octanol–water partition coefficient (Wildman–Crippen LogP) is 8.30. The minimum absolute atomic E-state index is 0.138. The molecule has 208 valence electrons. The minimum atomic E-state index is -1.44. The molecule has 4 aromatic carbocycles. The zero-order valence-electron chi connectivity index (χ0n) is 24.1. The first-order valence-electron chi connectivity index (χ1n) is 14.3. The van der Waals surface area contributed by atoms with E-state index in [1.54, 1.807) is 0 Å². The van der Waals surface area contributed by atoms with E-state index in [4.69, 9.17) is 9.47 Å². The summed E-state index contributed by atoms with van der Waals surface area (Å²) in [5.74, 6) is -0.672. The summed E-state index contributed by atoms with van der Waals surface area (Å²) in [6.45, 7) is 7.74. The van der Waals surface area contributed by atoms with E-state index < -0.39 is 23.0 Å². The minimum Gasteiger partial charge on any atom is -0.448 e. The molecular weight excluding hydrogens is 508 g/mol. The molecule has 0 aromatic heterocycles. The van der Waals surface area contributed by atoms with Crippen LogP contribution in [0.25, 0.3) is 5.57 Å². The van der Waals surface area contributed by atoms with E-state index in [9.17, 15) is 9.59 Å². The van der Waals surface area contributed by atoms with Crippen LogP contribution in [0.2, 0.25) is 0 Å². The molecule has 4 nitrogen and oxygen atoms in total. The van der Waals surface area contributed by atoms with Crippen molar-refractivity contribution >= 4 is 17.5 Å². The van der Waals surface area contributed by atoms with Gasteiger partial charge in [0.05, 0.1) is 6.42 Å². The Morgan fingerprint density at radius 1 is 0.634 bits per heavy atom. The average Bonchev–Trinajstić information content (AvgIpc) is 2.99. The molecule has 0 amide bonds. The fourth-order valence-electron chi connectivity index (χ4n) is 5.65. The van der Waals surface area contributed by atoms with Gasteiger partial charge in [0.25, 0.3) is 0 Å². The molecule has 0 atom stereocenters. The predicted molar refractivity (Wildman–Crippen MR) is 162 cm³/mol. The van der Waals surface area contributed by atoms with E-state index in [1.165, 1.54) is 0 Å². The first-order chi connectivity index (χ1) is 19.8. The van der Waals surface area contributed by atoms with Gasteiger partial charge in [-0.05, 0) is 37.8 Å². The molecule has 0 saturated carbocycles. The summed E-state index contributed by atoms with van der Waals surface area (Å²) in [5, 5.41) is 0. The maximum Gasteiger partial charge on any atom is 0.328 e. The summed E-state index contributed by atoms with van der Waals surface area (Å²) in [6.07, 6.45) is 0.663. The Labute approximate surface area is 242 Å². The number of cyclic esters (lactones) is 2. The van der Waals surface area contributed by atoms with Gasteiger partial charge < -0.3 is 9.47 Å². The van der Waals surface area contributed by atoms with Gasteiger partial charge in [0.1, 0.15) is 5.76 Å². The van der Waals surface area contributed by atoms with Crippen LogP contribution >= 0.6 is 0 Å². The highest BCUT2D eigenvalue weighted by Gasteiger charge is 2.53. The molecule has 1 aliphatic heterocycles. The van der Waals surface area contributed by atoms with Crippen LogP contribution in [0.4, 0.5) is 0 Å². The Balaban J connectivity index is 1.88. The fourth-order valence-corrected chi connectivity index (χ4v) is 5.65. The van der Waals surface area contributed by atoms with Crippen LogP contribution in [-0.4, -0.2) is 11.9 Å². The summed E-state index contributed by atoms with van der Waals surface area (Å²) in [5.41, 5.74) is 3.76. The third-order valence-corrected chi connectivity index (χ3v) is 8.32. The summed E-state index contributed by atoms with van der Waals surface area (Å²) >= 11 is 0. The Kier molecular flexibility index (Phi) is 7.94. The normalized spacial score (nSPS) is 16.2. The van der Waals surface area contributed by atoms with E-state index in [0.717, 1.165) is 39.0 Å². The highest BCUT2D eigenvalue weighted by atomic mass is 16.6. The number of hydrogen-bond acceptors (Lipinski definition) is 4. The maximum absolute atomic E-state index is 14.1. The Hall–Kier alpha value is -4.44. The molecule has 41 heavy (non-hydrogen) atoms. The van der Waals surface area contributed by atoms with Crippen LogP contribution in [0.1, 0.15) is 66.5 Å². The number of hydrogen-bond donors (Lipinski definition) is 0. The Morgan fingerprint density at radius 2 is 1.07 bits per heavy atom. The van der Waals surface area contributed by atoms with Gasteiger partial charge in [0.15, 0.2) is 11.0 Å². The van der Waals surface area contributed by atoms with Gasteiger partial charge >= 0.3 is 11.9 Å². The average molecular weight is 545 g/mol. The molecule has 4 aromatic rings. The summed E-state index contributed by atoms with van der Waals surface area (Å²) in [7, 11) is 0. The van der Waals surface area contributed by atoms with Crippen molar-refractivity contribution in [3.05, 3.63) is 148 Å². The molecular formula is C37H36O4. The van der Waals surface area contributed by atoms with Crippen LogP contribution in [-0.2, 0) is 24.7 Å². The van der Waals surface area contributed by atoms with Crippen molar-refractivity contribution in [1.29, 1.82) is 0 Å². The Bertz CT molecular complexity index is 1460. The SMILES string of the molecule is CCC1(CC)C(=O)OC(=C(c2ccccc2)c2ccccc2)CC(c2ccc(C)cc2)(c2ccc(C)cc2)OC1=O. The molecule has 1 fully saturated rings. The second kappa shape index (κ2) is 11.6. The van der Waals surface area contributed by atoms with Crippen molar-refractivity contribution in [2.75, 3.05) is 0 Å². The van der Waals surface area contributed by atoms with E-state index >= 15 is 0 Å². The molecule has 4 heteroatoms. The number of carbonyl (C=O) groups excluding carboxylic acids is 2. The lowest BCUT2D eigenvalue weighted by Crippen LogP contribution is -2.48. The maximum atomic E-state index is 14.1. The lowest BCUT2D eigenvalue weighted by Gasteiger charge is -2.41. The highest BCUT2D eigenvalue weighted by molar-refractivity contribution is 6.01. The molecule has 5 rings (SSSR count). The lowest BCUT2D eigenvalue weighted by molar-refractivity contribution is -0.185. The number of carbonyl (C=O) groups is 2. The molecule has 0 N–H and O–H groups in total. The van der Waals surface area contributed by atoms with Crippen molar-refractivity contribution < 1.29 is 19.1 Å². The van der Waals surface area contributed by atoms with Gasteiger partial charge in [-0.2, -0.15) is 0 Å². The third-order valence-electron chi connectivity index (χ3n) is 8.32. The van der Waals surface area contributed by atoms with E-state index in [0.29, 0.717) is 5.76 Å². The van der Waals surface area contributed by atoms with Gasteiger partial charge in [-0.3, -0.25) is 9.59 Å². The number of rotatable bonds is 6. The lowest BCUT2D eigenvalue weighted by atomic mass is 9.77. The summed E-state index contributed by atoms with van der Waals surface area (Å²) in [6, 6.07) is 36.0.